The number of carbonyl (C=O) groups is 1. The van der Waals surface area contributed by atoms with Crippen molar-refractivity contribution in [3.8, 4) is 11.5 Å². The Morgan fingerprint density at radius 1 is 0.935 bits per heavy atom. The topological polar surface area (TPSA) is 84.9 Å². The Morgan fingerprint density at radius 2 is 1.58 bits per heavy atom. The first-order valence-electron chi connectivity index (χ1n) is 9.20. The maximum atomic E-state index is 13.5. The van der Waals surface area contributed by atoms with Crippen LogP contribution in [0.2, 0.25) is 0 Å². The third kappa shape index (κ3) is 5.47. The Morgan fingerprint density at radius 3 is 2.19 bits per heavy atom. The number of amides is 1. The highest BCUT2D eigenvalue weighted by atomic mass is 127. The number of anilines is 2. The lowest BCUT2D eigenvalue weighted by molar-refractivity contribution is -0.114. The van der Waals surface area contributed by atoms with Crippen LogP contribution >= 0.6 is 22.6 Å². The number of hydrogen-bond donors (Lipinski definition) is 1. The van der Waals surface area contributed by atoms with E-state index in [0.29, 0.717) is 17.2 Å². The first-order valence-corrected chi connectivity index (χ1v) is 11.7. The molecule has 0 spiro atoms. The number of sulfonamides is 1. The minimum Gasteiger partial charge on any atom is -0.497 e. The molecule has 0 heterocycles. The van der Waals surface area contributed by atoms with Crippen LogP contribution < -0.4 is 19.1 Å². The van der Waals surface area contributed by atoms with Crippen molar-refractivity contribution in [1.82, 2.24) is 0 Å². The molecule has 0 saturated carbocycles. The number of carbonyl (C=O) groups excluding carboxylic acids is 1. The zero-order chi connectivity index (χ0) is 22.4. The lowest BCUT2D eigenvalue weighted by atomic mass is 10.3. The van der Waals surface area contributed by atoms with Crippen molar-refractivity contribution in [2.75, 3.05) is 30.4 Å². The third-order valence-electron chi connectivity index (χ3n) is 4.42. The number of halogens is 1. The Hall–Kier alpha value is -2.79. The van der Waals surface area contributed by atoms with E-state index in [0.717, 1.165) is 7.88 Å². The molecule has 0 unspecified atom stereocenters. The molecule has 3 aromatic carbocycles. The molecule has 31 heavy (non-hydrogen) atoms. The van der Waals surface area contributed by atoms with Crippen LogP contribution in [-0.2, 0) is 14.8 Å². The molecule has 1 amide bonds. The van der Waals surface area contributed by atoms with Crippen molar-refractivity contribution in [2.45, 2.75) is 4.90 Å². The predicted molar refractivity (Wildman–Crippen MR) is 128 cm³/mol. The van der Waals surface area contributed by atoms with E-state index >= 15 is 0 Å². The number of ether oxygens (including phenoxy) is 2. The Balaban J connectivity index is 1.97. The highest BCUT2D eigenvalue weighted by Crippen LogP contribution is 2.32. The molecule has 0 aliphatic heterocycles. The summed E-state index contributed by atoms with van der Waals surface area (Å²) in [6.45, 7) is -0.430. The second-order valence-electron chi connectivity index (χ2n) is 6.41. The number of rotatable bonds is 8. The monoisotopic (exact) mass is 552 g/mol. The number of nitrogens with one attached hydrogen (secondary N) is 1. The van der Waals surface area contributed by atoms with Crippen molar-refractivity contribution < 1.29 is 22.7 Å². The van der Waals surface area contributed by atoms with E-state index in [1.807, 2.05) is 12.1 Å². The summed E-state index contributed by atoms with van der Waals surface area (Å²) in [5.41, 5.74) is 0.839. The molecule has 9 heteroatoms. The van der Waals surface area contributed by atoms with Crippen LogP contribution in [0, 0.1) is 3.57 Å². The van der Waals surface area contributed by atoms with E-state index < -0.39 is 22.5 Å². The van der Waals surface area contributed by atoms with Crippen LogP contribution in [0.1, 0.15) is 0 Å². The van der Waals surface area contributed by atoms with Crippen molar-refractivity contribution in [2.24, 2.45) is 0 Å². The summed E-state index contributed by atoms with van der Waals surface area (Å²) >= 11 is 2.16. The maximum Gasteiger partial charge on any atom is 0.264 e. The molecule has 7 nitrogen and oxygen atoms in total. The zero-order valence-electron chi connectivity index (χ0n) is 16.9. The largest absolute Gasteiger partial charge is 0.497 e. The Labute approximate surface area is 195 Å². The third-order valence-corrected chi connectivity index (χ3v) is 6.91. The van der Waals surface area contributed by atoms with Crippen molar-refractivity contribution in [3.05, 3.63) is 76.4 Å². The van der Waals surface area contributed by atoms with Gasteiger partial charge in [-0.05, 0) is 83.3 Å². The molecule has 0 atom stereocenters. The van der Waals surface area contributed by atoms with Gasteiger partial charge in [0.25, 0.3) is 10.0 Å². The number of methoxy groups -OCH3 is 2. The molecule has 0 saturated heterocycles. The van der Waals surface area contributed by atoms with Gasteiger partial charge in [-0.3, -0.25) is 9.10 Å². The average molecular weight is 552 g/mol. The highest BCUT2D eigenvalue weighted by Gasteiger charge is 2.29. The van der Waals surface area contributed by atoms with Gasteiger partial charge in [0.2, 0.25) is 5.91 Å². The molecule has 3 aromatic rings. The van der Waals surface area contributed by atoms with Crippen LogP contribution in [0.3, 0.4) is 0 Å². The predicted octanol–water partition coefficient (Wildman–Crippen LogP) is 4.14. The second kappa shape index (κ2) is 10.0. The van der Waals surface area contributed by atoms with Gasteiger partial charge in [0.15, 0.2) is 0 Å². The molecular weight excluding hydrogens is 531 g/mol. The fourth-order valence-corrected chi connectivity index (χ4v) is 4.67. The number of nitrogens with zero attached hydrogens (tertiary/aromatic N) is 1. The fourth-order valence-electron chi connectivity index (χ4n) is 2.87. The minimum atomic E-state index is -4.07. The van der Waals surface area contributed by atoms with E-state index in [9.17, 15) is 13.2 Å². The molecule has 1 N–H and O–H groups in total. The average Bonchev–Trinajstić information content (AvgIpc) is 2.79. The summed E-state index contributed by atoms with van der Waals surface area (Å²) < 4.78 is 39.5. The Kier molecular flexibility index (Phi) is 7.39. The minimum absolute atomic E-state index is 0.0290. The number of benzene rings is 3. The molecule has 0 aliphatic carbocycles. The van der Waals surface area contributed by atoms with Gasteiger partial charge < -0.3 is 14.8 Å². The van der Waals surface area contributed by atoms with E-state index in [4.69, 9.17) is 9.47 Å². The van der Waals surface area contributed by atoms with Crippen LogP contribution in [0.15, 0.2) is 77.7 Å². The molecule has 0 bridgehead atoms. The first kappa shape index (κ1) is 22.9. The summed E-state index contributed by atoms with van der Waals surface area (Å²) in [6.07, 6.45) is 0. The van der Waals surface area contributed by atoms with Crippen LogP contribution in [0.25, 0.3) is 0 Å². The second-order valence-corrected chi connectivity index (χ2v) is 9.52. The molecule has 0 fully saturated rings. The molecule has 0 aliphatic rings. The smallest absolute Gasteiger partial charge is 0.264 e. The lowest BCUT2D eigenvalue weighted by Gasteiger charge is -2.25. The van der Waals surface area contributed by atoms with E-state index in [1.54, 1.807) is 48.5 Å². The highest BCUT2D eigenvalue weighted by molar-refractivity contribution is 14.1. The van der Waals surface area contributed by atoms with E-state index in [2.05, 4.69) is 27.9 Å². The van der Waals surface area contributed by atoms with Crippen LogP contribution in [-0.4, -0.2) is 35.1 Å². The molecule has 0 aromatic heterocycles. The molecule has 162 valence electrons. The standard InChI is InChI=1S/C22H21IN2O5S/c1-29-18-11-13-19(14-12-18)31(27,28)25(20-5-3-4-6-21(20)30-2)15-22(26)24-17-9-7-16(23)8-10-17/h3-14H,15H2,1-2H3,(H,24,26). The van der Waals surface area contributed by atoms with Crippen molar-refractivity contribution in [1.29, 1.82) is 0 Å². The maximum absolute atomic E-state index is 13.5. The van der Waals surface area contributed by atoms with Crippen LogP contribution in [0.4, 0.5) is 11.4 Å². The molecular formula is C22H21IN2O5S. The quantitative estimate of drug-likeness (QED) is 0.425. The molecule has 0 radical (unpaired) electrons. The normalized spacial score (nSPS) is 10.9. The van der Waals surface area contributed by atoms with E-state index in [1.165, 1.54) is 26.4 Å². The van der Waals surface area contributed by atoms with Crippen molar-refractivity contribution in [3.63, 3.8) is 0 Å². The Bertz CT molecular complexity index is 1150. The van der Waals surface area contributed by atoms with Crippen molar-refractivity contribution >= 4 is 49.9 Å². The summed E-state index contributed by atoms with van der Waals surface area (Å²) in [6, 6.07) is 19.8. The van der Waals surface area contributed by atoms with E-state index in [-0.39, 0.29) is 10.6 Å². The summed E-state index contributed by atoms with van der Waals surface area (Å²) in [5.74, 6) is 0.380. The summed E-state index contributed by atoms with van der Waals surface area (Å²) in [4.78, 5) is 12.8. The molecule has 3 rings (SSSR count). The summed E-state index contributed by atoms with van der Waals surface area (Å²) in [5, 5.41) is 2.74. The van der Waals surface area contributed by atoms with Gasteiger partial charge in [-0.15, -0.1) is 0 Å². The van der Waals surface area contributed by atoms with Gasteiger partial charge in [-0.25, -0.2) is 8.42 Å². The summed E-state index contributed by atoms with van der Waals surface area (Å²) in [7, 11) is -1.12. The van der Waals surface area contributed by atoms with Gasteiger partial charge >= 0.3 is 0 Å². The SMILES string of the molecule is COc1ccc(S(=O)(=O)N(CC(=O)Nc2ccc(I)cc2)c2ccccc2OC)cc1. The fraction of sp³-hybridized carbons (Fsp3) is 0.136. The first-order chi connectivity index (χ1) is 14.8. The number of hydrogen-bond acceptors (Lipinski definition) is 5. The van der Waals surface area contributed by atoms with Crippen LogP contribution in [0.5, 0.6) is 11.5 Å². The van der Waals surface area contributed by atoms with Gasteiger partial charge in [0.05, 0.1) is 24.8 Å². The van der Waals surface area contributed by atoms with Gasteiger partial charge in [0, 0.05) is 9.26 Å². The van der Waals surface area contributed by atoms with Gasteiger partial charge in [-0.2, -0.15) is 0 Å². The lowest BCUT2D eigenvalue weighted by Crippen LogP contribution is -2.38. The number of para-hydroxylation sites is 2. The zero-order valence-corrected chi connectivity index (χ0v) is 19.9. The van der Waals surface area contributed by atoms with Gasteiger partial charge in [-0.1, -0.05) is 12.1 Å². The van der Waals surface area contributed by atoms with Gasteiger partial charge in [0.1, 0.15) is 18.0 Å².